The minimum atomic E-state index is -1.58. The lowest BCUT2D eigenvalue weighted by Crippen LogP contribution is -2.20. The van der Waals surface area contributed by atoms with Crippen molar-refractivity contribution < 1.29 is 18.2 Å². The number of halogens is 1. The number of rotatable bonds is 6. The van der Waals surface area contributed by atoms with Gasteiger partial charge in [0, 0.05) is 29.7 Å². The molecule has 0 saturated heterocycles. The van der Waals surface area contributed by atoms with Crippen molar-refractivity contribution in [1.29, 1.82) is 0 Å². The fraction of sp³-hybridized carbons (Fsp3) is 0.217. The Kier molecular flexibility index (Phi) is 5.36. The Morgan fingerprint density at radius 1 is 1.22 bits per heavy atom. The van der Waals surface area contributed by atoms with E-state index < -0.39 is 11.4 Å². The number of ether oxygens (including phenoxy) is 1. The van der Waals surface area contributed by atoms with Crippen LogP contribution in [0.3, 0.4) is 0 Å². The van der Waals surface area contributed by atoms with Crippen LogP contribution in [0.2, 0.25) is 0 Å². The van der Waals surface area contributed by atoms with E-state index in [0.29, 0.717) is 38.6 Å². The van der Waals surface area contributed by atoms with Crippen molar-refractivity contribution in [1.82, 2.24) is 9.72 Å². The number of aromatic nitrogens is 2. The van der Waals surface area contributed by atoms with Crippen molar-refractivity contribution in [2.24, 2.45) is 0 Å². The van der Waals surface area contributed by atoms with Crippen molar-refractivity contribution in [3.8, 4) is 11.4 Å². The zero-order chi connectivity index (χ0) is 22.2. The molecule has 0 radical (unpaired) electrons. The molecule has 5 rings (SSSR count). The van der Waals surface area contributed by atoms with E-state index in [1.807, 2.05) is 0 Å². The van der Waals surface area contributed by atoms with E-state index in [0.717, 1.165) is 19.3 Å². The number of pyridine rings is 1. The SMILES string of the molecule is COc1cc(C2CCC2)c(F)cc1-n1c(=O)ccc2cc([S+]([O-])Nc3ccon3)ccc21. The number of anilines is 1. The van der Waals surface area contributed by atoms with Gasteiger partial charge in [-0.05, 0) is 48.6 Å². The summed E-state index contributed by atoms with van der Waals surface area (Å²) in [7, 11) is 1.51. The Hall–Kier alpha value is -3.30. The van der Waals surface area contributed by atoms with Crippen LogP contribution in [0.25, 0.3) is 16.6 Å². The van der Waals surface area contributed by atoms with Crippen molar-refractivity contribution in [2.45, 2.75) is 30.1 Å². The second-order valence-corrected chi connectivity index (χ2v) is 8.87. The van der Waals surface area contributed by atoms with Crippen molar-refractivity contribution in [2.75, 3.05) is 11.8 Å². The van der Waals surface area contributed by atoms with E-state index in [2.05, 4.69) is 9.88 Å². The molecular formula is C23H20FN3O4S. The van der Waals surface area contributed by atoms with Crippen LogP contribution < -0.4 is 15.0 Å². The van der Waals surface area contributed by atoms with Crippen LogP contribution in [0.1, 0.15) is 30.7 Å². The molecule has 1 aliphatic rings. The highest BCUT2D eigenvalue weighted by Gasteiger charge is 2.25. The largest absolute Gasteiger partial charge is 0.588 e. The van der Waals surface area contributed by atoms with Gasteiger partial charge >= 0.3 is 0 Å². The smallest absolute Gasteiger partial charge is 0.255 e. The molecule has 9 heteroatoms. The second-order valence-electron chi connectivity index (χ2n) is 7.66. The van der Waals surface area contributed by atoms with E-state index in [1.165, 1.54) is 30.1 Å². The molecule has 2 aromatic heterocycles. The summed E-state index contributed by atoms with van der Waals surface area (Å²) in [5.74, 6) is 0.629. The number of hydrogen-bond acceptors (Lipinski definition) is 6. The molecule has 164 valence electrons. The Morgan fingerprint density at radius 2 is 2.06 bits per heavy atom. The molecule has 2 aromatic carbocycles. The lowest BCUT2D eigenvalue weighted by Gasteiger charge is -2.27. The van der Waals surface area contributed by atoms with Crippen molar-refractivity contribution >= 4 is 28.1 Å². The van der Waals surface area contributed by atoms with Gasteiger partial charge in [-0.1, -0.05) is 11.6 Å². The third-order valence-electron chi connectivity index (χ3n) is 5.80. The zero-order valence-electron chi connectivity index (χ0n) is 17.2. The fourth-order valence-electron chi connectivity index (χ4n) is 3.94. The summed E-state index contributed by atoms with van der Waals surface area (Å²) in [5.41, 5.74) is 1.19. The van der Waals surface area contributed by atoms with Gasteiger partial charge in [0.15, 0.2) is 4.90 Å². The zero-order valence-corrected chi connectivity index (χ0v) is 18.0. The third kappa shape index (κ3) is 3.63. The number of hydrogen-bond donors (Lipinski definition) is 1. The van der Waals surface area contributed by atoms with Gasteiger partial charge in [0.05, 0.1) is 18.3 Å². The molecule has 0 amide bonds. The summed E-state index contributed by atoms with van der Waals surface area (Å²) in [6.45, 7) is 0. The summed E-state index contributed by atoms with van der Waals surface area (Å²) in [4.78, 5) is 13.3. The van der Waals surface area contributed by atoms with Gasteiger partial charge in [0.2, 0.25) is 5.82 Å². The van der Waals surface area contributed by atoms with Crippen LogP contribution in [-0.2, 0) is 11.4 Å². The molecule has 1 unspecified atom stereocenters. The first kappa shape index (κ1) is 20.6. The molecule has 2 heterocycles. The van der Waals surface area contributed by atoms with E-state index in [4.69, 9.17) is 9.26 Å². The van der Waals surface area contributed by atoms with Crippen LogP contribution in [0.5, 0.6) is 5.75 Å². The molecule has 0 aliphatic heterocycles. The Morgan fingerprint density at radius 3 is 2.75 bits per heavy atom. The maximum Gasteiger partial charge on any atom is 0.255 e. The number of benzene rings is 2. The molecule has 1 fully saturated rings. The summed E-state index contributed by atoms with van der Waals surface area (Å²) in [6.07, 6.45) is 4.37. The van der Waals surface area contributed by atoms with E-state index in [9.17, 15) is 13.7 Å². The predicted molar refractivity (Wildman–Crippen MR) is 119 cm³/mol. The average molecular weight is 453 g/mol. The normalized spacial score (nSPS) is 14.8. The van der Waals surface area contributed by atoms with Crippen LogP contribution in [0.15, 0.2) is 69.0 Å². The Balaban J connectivity index is 1.59. The van der Waals surface area contributed by atoms with Gasteiger partial charge in [0.25, 0.3) is 5.56 Å². The maximum absolute atomic E-state index is 15.0. The fourth-order valence-corrected chi connectivity index (χ4v) is 4.77. The molecule has 0 bridgehead atoms. The molecule has 0 spiro atoms. The summed E-state index contributed by atoms with van der Waals surface area (Å²) in [6, 6.07) is 12.7. The Bertz CT molecular complexity index is 1340. The van der Waals surface area contributed by atoms with Gasteiger partial charge in [0.1, 0.15) is 29.2 Å². The standard InChI is InChI=1S/C23H20FN3O4S/c1-30-21-12-17(14-3-2-4-14)18(24)13-20(21)27-19-7-6-16(11-15(19)5-8-23(27)28)32(29)26-22-9-10-31-25-22/h5-14H,2-4H2,1H3,(H,25,26). The molecule has 1 N–H and O–H groups in total. The first-order chi connectivity index (χ1) is 15.5. The highest BCUT2D eigenvalue weighted by molar-refractivity contribution is 7.92. The van der Waals surface area contributed by atoms with Crippen LogP contribution in [-0.4, -0.2) is 21.4 Å². The number of nitrogens with zero attached hydrogens (tertiary/aromatic N) is 2. The molecule has 32 heavy (non-hydrogen) atoms. The van der Waals surface area contributed by atoms with Gasteiger partial charge in [-0.15, -0.1) is 0 Å². The summed E-state index contributed by atoms with van der Waals surface area (Å²) < 4.78 is 42.0. The molecule has 1 atom stereocenters. The lowest BCUT2D eigenvalue weighted by atomic mass is 9.79. The van der Waals surface area contributed by atoms with Crippen LogP contribution >= 0.6 is 0 Å². The van der Waals surface area contributed by atoms with Crippen LogP contribution in [0.4, 0.5) is 10.2 Å². The summed E-state index contributed by atoms with van der Waals surface area (Å²) in [5, 5.41) is 4.36. The number of methoxy groups -OCH3 is 1. The molecular weight excluding hydrogens is 433 g/mol. The van der Waals surface area contributed by atoms with Crippen molar-refractivity contribution in [3.05, 3.63) is 76.5 Å². The van der Waals surface area contributed by atoms with Crippen LogP contribution in [0, 0.1) is 5.82 Å². The minimum absolute atomic E-state index is 0.192. The monoisotopic (exact) mass is 453 g/mol. The second kappa shape index (κ2) is 8.33. The van der Waals surface area contributed by atoms with E-state index in [1.54, 1.807) is 36.4 Å². The highest BCUT2D eigenvalue weighted by atomic mass is 32.2. The first-order valence-corrected chi connectivity index (χ1v) is 11.3. The van der Waals surface area contributed by atoms with E-state index in [-0.39, 0.29) is 17.3 Å². The average Bonchev–Trinajstić information content (AvgIpc) is 3.26. The van der Waals surface area contributed by atoms with Gasteiger partial charge in [-0.25, -0.2) is 4.39 Å². The maximum atomic E-state index is 15.0. The van der Waals surface area contributed by atoms with E-state index >= 15 is 0 Å². The lowest BCUT2D eigenvalue weighted by molar-refractivity contribution is 0.390. The topological polar surface area (TPSA) is 92.3 Å². The number of nitrogens with one attached hydrogen (secondary N) is 1. The quantitative estimate of drug-likeness (QED) is 0.431. The van der Waals surface area contributed by atoms with Gasteiger partial charge < -0.3 is 13.8 Å². The molecule has 1 saturated carbocycles. The Labute approximate surface area is 186 Å². The first-order valence-electron chi connectivity index (χ1n) is 10.2. The molecule has 4 aromatic rings. The molecule has 1 aliphatic carbocycles. The number of fused-ring (bicyclic) bond motifs is 1. The molecule has 7 nitrogen and oxygen atoms in total. The summed E-state index contributed by atoms with van der Waals surface area (Å²) >= 11 is -1.58. The van der Waals surface area contributed by atoms with Gasteiger partial charge in [-0.2, -0.15) is 4.72 Å². The van der Waals surface area contributed by atoms with Crippen molar-refractivity contribution in [3.63, 3.8) is 0 Å². The minimum Gasteiger partial charge on any atom is -0.588 e. The predicted octanol–water partition coefficient (Wildman–Crippen LogP) is 4.53. The highest BCUT2D eigenvalue weighted by Crippen LogP contribution is 2.40. The van der Waals surface area contributed by atoms with Gasteiger partial charge in [-0.3, -0.25) is 9.36 Å². The third-order valence-corrected chi connectivity index (χ3v) is 6.88.